The molecule has 1 heterocycles. The predicted molar refractivity (Wildman–Crippen MR) is 164 cm³/mol. The van der Waals surface area contributed by atoms with E-state index >= 15 is 0 Å². The highest BCUT2D eigenvalue weighted by atomic mass is 35.5. The van der Waals surface area contributed by atoms with Crippen LogP contribution in [0.1, 0.15) is 18.3 Å². The maximum absolute atomic E-state index is 11.0. The molecule has 3 aromatic carbocycles. The number of phenolic OH excluding ortho intramolecular Hbond substituents is 1. The molecule has 0 aliphatic heterocycles. The van der Waals surface area contributed by atoms with Crippen LogP contribution < -0.4 is 0 Å². The SMILES string of the molecule is C#Cc1ccc(-c2ccc(O)cc2)cc1.C=C/C(=C\C=C(/C)Cn1cc(-c2ccc(Cl)cc2Cl)nc1C)C(=O)O. The number of rotatable bonds is 7. The number of aromatic hydroxyl groups is 1. The van der Waals surface area contributed by atoms with Crippen LogP contribution >= 0.6 is 23.2 Å². The largest absolute Gasteiger partial charge is 0.508 e. The third-order valence-corrected chi connectivity index (χ3v) is 6.42. The molecule has 4 aromatic rings. The molecule has 0 spiro atoms. The lowest BCUT2D eigenvalue weighted by Gasteiger charge is -2.04. The Hall–Kier alpha value is -4.50. The summed E-state index contributed by atoms with van der Waals surface area (Å²) in [5, 5.41) is 19.3. The second-order valence-corrected chi connectivity index (χ2v) is 9.68. The van der Waals surface area contributed by atoms with E-state index in [1.165, 1.54) is 12.2 Å². The van der Waals surface area contributed by atoms with E-state index in [1.807, 2.05) is 67.1 Å². The van der Waals surface area contributed by atoms with Crippen molar-refractivity contribution in [2.45, 2.75) is 20.4 Å². The van der Waals surface area contributed by atoms with Crippen LogP contribution in [0.15, 0.2) is 109 Å². The second kappa shape index (κ2) is 14.0. The van der Waals surface area contributed by atoms with Crippen LogP contribution in [-0.2, 0) is 11.3 Å². The number of hydrogen-bond donors (Lipinski definition) is 2. The lowest BCUT2D eigenvalue weighted by Crippen LogP contribution is -2.00. The molecule has 0 unspecified atom stereocenters. The number of carbonyl (C=O) groups is 1. The number of aryl methyl sites for hydroxylation is 1. The van der Waals surface area contributed by atoms with Gasteiger partial charge in [0.15, 0.2) is 0 Å². The minimum atomic E-state index is -1.00. The zero-order valence-electron chi connectivity index (χ0n) is 22.1. The normalized spacial score (nSPS) is 11.3. The van der Waals surface area contributed by atoms with Crippen molar-refractivity contribution in [2.24, 2.45) is 0 Å². The number of hydrogen-bond acceptors (Lipinski definition) is 3. The van der Waals surface area contributed by atoms with Gasteiger partial charge in [0.1, 0.15) is 11.6 Å². The first-order valence-corrected chi connectivity index (χ1v) is 12.9. The van der Waals surface area contributed by atoms with Crippen LogP contribution in [0.3, 0.4) is 0 Å². The lowest BCUT2D eigenvalue weighted by molar-refractivity contribution is -0.132. The standard InChI is InChI=1S/C19H18Cl2N2O2.C14H10O/c1-4-14(19(24)25)6-5-12(2)10-23-11-18(22-13(23)3)16-8-7-15(20)9-17(16)21;1-2-11-3-5-12(6-4-11)13-7-9-14(15)10-8-13/h4-9,11H,1,10H2,2-3H3,(H,24,25);1,3-10,15H/b12-5+,14-6+;. The van der Waals surface area contributed by atoms with E-state index in [-0.39, 0.29) is 11.3 Å². The maximum atomic E-state index is 11.0. The Morgan fingerprint density at radius 1 is 1.05 bits per heavy atom. The average molecular weight is 572 g/mol. The fourth-order valence-electron chi connectivity index (χ4n) is 3.69. The number of imidazole rings is 1. The van der Waals surface area contributed by atoms with Gasteiger partial charge >= 0.3 is 5.97 Å². The molecule has 0 radical (unpaired) electrons. The van der Waals surface area contributed by atoms with Crippen LogP contribution in [0.5, 0.6) is 5.75 Å². The van der Waals surface area contributed by atoms with Gasteiger partial charge in [-0.15, -0.1) is 6.42 Å². The number of halogens is 2. The van der Waals surface area contributed by atoms with Crippen LogP contribution in [0.25, 0.3) is 22.4 Å². The molecule has 0 atom stereocenters. The highest BCUT2D eigenvalue weighted by Crippen LogP contribution is 2.30. The molecule has 1 aromatic heterocycles. The van der Waals surface area contributed by atoms with Gasteiger partial charge in [-0.25, -0.2) is 9.78 Å². The summed E-state index contributed by atoms with van der Waals surface area (Å²) in [6, 6.07) is 20.1. The van der Waals surface area contributed by atoms with Crippen molar-refractivity contribution in [3.8, 4) is 40.5 Å². The first kappa shape index (κ1) is 30.0. The minimum absolute atomic E-state index is 0.148. The zero-order valence-corrected chi connectivity index (χ0v) is 23.6. The molecule has 0 aliphatic carbocycles. The highest BCUT2D eigenvalue weighted by Gasteiger charge is 2.10. The third kappa shape index (κ3) is 8.25. The van der Waals surface area contributed by atoms with Gasteiger partial charge in [0.2, 0.25) is 0 Å². The van der Waals surface area contributed by atoms with Crippen LogP contribution in [0.2, 0.25) is 10.0 Å². The highest BCUT2D eigenvalue weighted by molar-refractivity contribution is 6.36. The van der Waals surface area contributed by atoms with Crippen LogP contribution in [0, 0.1) is 19.3 Å². The van der Waals surface area contributed by atoms with Crippen molar-refractivity contribution in [2.75, 3.05) is 0 Å². The summed E-state index contributed by atoms with van der Waals surface area (Å²) in [5.41, 5.74) is 5.74. The summed E-state index contributed by atoms with van der Waals surface area (Å²) < 4.78 is 1.98. The molecule has 0 amide bonds. The fraction of sp³-hybridized carbons (Fsp3) is 0.0909. The van der Waals surface area contributed by atoms with E-state index in [0.29, 0.717) is 16.6 Å². The Labute approximate surface area is 244 Å². The molecule has 0 saturated carbocycles. The summed E-state index contributed by atoms with van der Waals surface area (Å²) in [6.45, 7) is 7.91. The van der Waals surface area contributed by atoms with Gasteiger partial charge in [0, 0.05) is 28.9 Å². The number of benzene rings is 3. The van der Waals surface area contributed by atoms with E-state index in [4.69, 9.17) is 39.8 Å². The molecule has 40 heavy (non-hydrogen) atoms. The number of allylic oxidation sites excluding steroid dienone is 3. The van der Waals surface area contributed by atoms with Crippen molar-refractivity contribution in [1.29, 1.82) is 0 Å². The number of terminal acetylenes is 1. The Bertz CT molecular complexity index is 1610. The molecule has 202 valence electrons. The summed E-state index contributed by atoms with van der Waals surface area (Å²) in [5.74, 6) is 2.68. The number of aliphatic carboxylic acids is 1. The lowest BCUT2D eigenvalue weighted by atomic mass is 10.0. The molecule has 7 heteroatoms. The van der Waals surface area contributed by atoms with Crippen molar-refractivity contribution >= 4 is 29.2 Å². The smallest absolute Gasteiger partial charge is 0.335 e. The second-order valence-electron chi connectivity index (χ2n) is 8.84. The van der Waals surface area contributed by atoms with E-state index in [2.05, 4.69) is 17.5 Å². The van der Waals surface area contributed by atoms with Crippen molar-refractivity contribution in [3.05, 3.63) is 130 Å². The maximum Gasteiger partial charge on any atom is 0.335 e. The molecule has 0 fully saturated rings. The Kier molecular flexibility index (Phi) is 10.6. The summed E-state index contributed by atoms with van der Waals surface area (Å²) in [6.07, 6.45) is 11.8. The Morgan fingerprint density at radius 2 is 1.68 bits per heavy atom. The van der Waals surface area contributed by atoms with Crippen LogP contribution in [0.4, 0.5) is 0 Å². The zero-order chi connectivity index (χ0) is 29.2. The molecule has 0 saturated heterocycles. The topological polar surface area (TPSA) is 75.3 Å². The molecule has 2 N–H and O–H groups in total. The van der Waals surface area contributed by atoms with Crippen molar-refractivity contribution < 1.29 is 15.0 Å². The predicted octanol–water partition coefficient (Wildman–Crippen LogP) is 8.35. The van der Waals surface area contributed by atoms with E-state index in [9.17, 15) is 4.79 Å². The van der Waals surface area contributed by atoms with E-state index < -0.39 is 5.97 Å². The number of carboxylic acid groups (broad SMARTS) is 1. The van der Waals surface area contributed by atoms with Crippen LogP contribution in [-0.4, -0.2) is 25.7 Å². The van der Waals surface area contributed by atoms with E-state index in [1.54, 1.807) is 30.3 Å². The Balaban J connectivity index is 0.000000249. The van der Waals surface area contributed by atoms with Gasteiger partial charge in [-0.1, -0.05) is 77.7 Å². The molecular weight excluding hydrogens is 543 g/mol. The number of carboxylic acids is 1. The van der Waals surface area contributed by atoms with Gasteiger partial charge in [0.05, 0.1) is 16.3 Å². The van der Waals surface area contributed by atoms with Gasteiger partial charge in [-0.2, -0.15) is 0 Å². The van der Waals surface area contributed by atoms with Gasteiger partial charge in [-0.3, -0.25) is 0 Å². The van der Waals surface area contributed by atoms with Gasteiger partial charge in [0.25, 0.3) is 0 Å². The monoisotopic (exact) mass is 570 g/mol. The van der Waals surface area contributed by atoms with Crippen molar-refractivity contribution in [3.63, 3.8) is 0 Å². The first-order chi connectivity index (χ1) is 19.1. The summed E-state index contributed by atoms with van der Waals surface area (Å²) in [4.78, 5) is 15.5. The quantitative estimate of drug-likeness (QED) is 0.133. The van der Waals surface area contributed by atoms with Crippen molar-refractivity contribution in [1.82, 2.24) is 9.55 Å². The third-order valence-electron chi connectivity index (χ3n) is 5.87. The molecule has 0 aliphatic rings. The van der Waals surface area contributed by atoms with E-state index in [0.717, 1.165) is 39.3 Å². The van der Waals surface area contributed by atoms with Gasteiger partial charge < -0.3 is 14.8 Å². The molecular formula is C33H28Cl2N2O3. The summed E-state index contributed by atoms with van der Waals surface area (Å²) in [7, 11) is 0. The molecule has 4 rings (SSSR count). The molecule has 5 nitrogen and oxygen atoms in total. The summed E-state index contributed by atoms with van der Waals surface area (Å²) >= 11 is 12.2. The minimum Gasteiger partial charge on any atom is -0.508 e. The first-order valence-electron chi connectivity index (χ1n) is 12.2. The number of phenols is 1. The van der Waals surface area contributed by atoms with Gasteiger partial charge in [-0.05, 0) is 73.5 Å². The fourth-order valence-corrected chi connectivity index (χ4v) is 4.19. The molecule has 0 bridgehead atoms. The Morgan fingerprint density at radius 3 is 2.23 bits per heavy atom. The number of aromatic nitrogens is 2. The average Bonchev–Trinajstić information content (AvgIpc) is 3.29. The number of nitrogens with zero attached hydrogens (tertiary/aromatic N) is 2.